The van der Waals surface area contributed by atoms with E-state index in [9.17, 15) is 15.0 Å². The number of aliphatic hydroxyl groups is 1. The number of hydrogen-bond acceptors (Lipinski definition) is 7. The second kappa shape index (κ2) is 13.6. The molecule has 3 heterocycles. The molecule has 0 fully saturated rings. The van der Waals surface area contributed by atoms with E-state index >= 15 is 0 Å². The summed E-state index contributed by atoms with van der Waals surface area (Å²) in [6.45, 7) is 4.14. The molecule has 0 saturated heterocycles. The first kappa shape index (κ1) is 29.2. The summed E-state index contributed by atoms with van der Waals surface area (Å²) in [5.41, 5.74) is 14.5. The third-order valence-electron chi connectivity index (χ3n) is 8.30. The highest BCUT2D eigenvalue weighted by molar-refractivity contribution is 5.87. The molecular weight excluding hydrogens is 516 g/mol. The molecule has 3 aliphatic rings. The minimum absolute atomic E-state index is 0.0596. The highest BCUT2D eigenvalue weighted by Crippen LogP contribution is 2.30. The van der Waals surface area contributed by atoms with E-state index in [4.69, 9.17) is 10.5 Å². The molecule has 0 amide bonds. The highest BCUT2D eigenvalue weighted by Gasteiger charge is 2.30. The van der Waals surface area contributed by atoms with Crippen LogP contribution in [0.3, 0.4) is 0 Å². The van der Waals surface area contributed by atoms with Gasteiger partial charge in [-0.05, 0) is 65.6 Å². The number of ketones is 1. The lowest BCUT2D eigenvalue weighted by Gasteiger charge is -2.26. The second-order valence-corrected chi connectivity index (χ2v) is 11.5. The van der Waals surface area contributed by atoms with E-state index in [0.717, 1.165) is 61.4 Å². The van der Waals surface area contributed by atoms with Crippen LogP contribution in [0.2, 0.25) is 0 Å². The number of quaternary nitrogens is 1. The number of phenolic OH excluding ortho intramolecular Hbond substituents is 1. The Morgan fingerprint density at radius 2 is 2.15 bits per heavy atom. The molecule has 0 saturated carbocycles. The molecule has 0 aliphatic carbocycles. The molecular formula is C33H43N4O4+. The van der Waals surface area contributed by atoms with Crippen molar-refractivity contribution >= 4 is 12.0 Å². The summed E-state index contributed by atoms with van der Waals surface area (Å²) < 4.78 is 6.04. The van der Waals surface area contributed by atoms with Crippen LogP contribution in [0.5, 0.6) is 11.5 Å². The van der Waals surface area contributed by atoms with E-state index < -0.39 is 6.10 Å². The Morgan fingerprint density at radius 1 is 1.27 bits per heavy atom. The summed E-state index contributed by atoms with van der Waals surface area (Å²) in [7, 11) is 0. The largest absolute Gasteiger partial charge is 0.504 e. The molecule has 41 heavy (non-hydrogen) atoms. The van der Waals surface area contributed by atoms with Crippen LogP contribution >= 0.6 is 0 Å². The lowest BCUT2D eigenvalue weighted by atomic mass is 9.90. The molecule has 8 heteroatoms. The van der Waals surface area contributed by atoms with Crippen molar-refractivity contribution in [2.24, 2.45) is 10.7 Å². The minimum atomic E-state index is -0.557. The summed E-state index contributed by atoms with van der Waals surface area (Å²) in [4.78, 5) is 18.1. The lowest BCUT2D eigenvalue weighted by molar-refractivity contribution is -0.855. The molecule has 2 aromatic rings. The van der Waals surface area contributed by atoms with E-state index in [-0.39, 0.29) is 24.1 Å². The number of hydrogen-bond donors (Lipinski definition) is 5. The number of aliphatic imine (C=N–C) groups is 1. The molecule has 5 rings (SSSR count). The zero-order valence-electron chi connectivity index (χ0n) is 24.0. The number of aromatic hydroxyl groups is 1. The average Bonchev–Trinajstić information content (AvgIpc) is 3.54. The van der Waals surface area contributed by atoms with Gasteiger partial charge < -0.3 is 20.7 Å². The van der Waals surface area contributed by atoms with E-state index in [1.807, 2.05) is 18.3 Å². The van der Waals surface area contributed by atoms with Crippen molar-refractivity contribution in [1.82, 2.24) is 5.32 Å². The lowest BCUT2D eigenvalue weighted by Crippen LogP contribution is -3.07. The van der Waals surface area contributed by atoms with E-state index in [0.29, 0.717) is 31.7 Å². The topological polar surface area (TPSA) is 122 Å². The molecule has 0 aromatic heterocycles. The van der Waals surface area contributed by atoms with Crippen molar-refractivity contribution in [2.45, 2.75) is 77.0 Å². The quantitative estimate of drug-likeness (QED) is 0.227. The third kappa shape index (κ3) is 7.32. The number of nitrogens with two attached hydrogens (primary N) is 1. The van der Waals surface area contributed by atoms with Gasteiger partial charge in [-0.1, -0.05) is 50.5 Å². The van der Waals surface area contributed by atoms with Crippen LogP contribution in [0.1, 0.15) is 73.9 Å². The number of benzene rings is 2. The molecule has 3 atom stereocenters. The predicted octanol–water partition coefficient (Wildman–Crippen LogP) is 3.03. The summed E-state index contributed by atoms with van der Waals surface area (Å²) in [6, 6.07) is 11.6. The van der Waals surface area contributed by atoms with Gasteiger partial charge in [0, 0.05) is 31.2 Å². The Hall–Kier alpha value is -3.30. The van der Waals surface area contributed by atoms with Gasteiger partial charge in [-0.15, -0.1) is 0 Å². The summed E-state index contributed by atoms with van der Waals surface area (Å²) in [5, 5.41) is 23.8. The fraction of sp³-hybridized carbons (Fsp3) is 0.455. The maximum Gasteiger partial charge on any atom is 0.227 e. The van der Waals surface area contributed by atoms with Crippen LogP contribution in [-0.4, -0.2) is 48.1 Å². The first-order valence-corrected chi connectivity index (χ1v) is 15.0. The summed E-state index contributed by atoms with van der Waals surface area (Å²) >= 11 is 0. The van der Waals surface area contributed by atoms with E-state index in [1.165, 1.54) is 27.8 Å². The number of phenols is 1. The number of aryl methyl sites for hydroxylation is 1. The van der Waals surface area contributed by atoms with Crippen LogP contribution < -0.4 is 20.7 Å². The molecule has 1 unspecified atom stereocenters. The Labute approximate surface area is 242 Å². The van der Waals surface area contributed by atoms with Crippen molar-refractivity contribution in [3.8, 4) is 11.5 Å². The average molecular weight is 560 g/mol. The SMILES string of the molecule is CCCCC[C@@H](O)CC(=O)CCc1ccc(O)c(OC[NH+]2C=C3N=CC(Cc4cccc5c4CCN[C@H]5N)=C3C2)c1. The Bertz CT molecular complexity index is 1350. The Balaban J connectivity index is 1.14. The van der Waals surface area contributed by atoms with Gasteiger partial charge in [-0.25, -0.2) is 0 Å². The molecule has 0 radical (unpaired) electrons. The number of ether oxygens (including phenoxy) is 1. The number of carbonyl (C=O) groups is 1. The fourth-order valence-electron chi connectivity index (χ4n) is 5.98. The summed E-state index contributed by atoms with van der Waals surface area (Å²) in [6.07, 6.45) is 10.1. The monoisotopic (exact) mass is 559 g/mol. The number of fused-ring (bicyclic) bond motifs is 2. The third-order valence-corrected chi connectivity index (χ3v) is 8.30. The van der Waals surface area contributed by atoms with Gasteiger partial charge in [-0.2, -0.15) is 0 Å². The first-order chi connectivity index (χ1) is 19.9. The normalized spacial score (nSPS) is 20.1. The smallest absolute Gasteiger partial charge is 0.227 e. The molecule has 0 spiro atoms. The number of Topliss-reactive ketones (excluding diaryl/α,β-unsaturated/α-hetero) is 1. The van der Waals surface area contributed by atoms with Crippen molar-refractivity contribution in [3.63, 3.8) is 0 Å². The minimum Gasteiger partial charge on any atom is -0.504 e. The standard InChI is InChI=1S/C33H42N4O4/c1-2-3-4-7-25(38)17-26(39)11-9-22-10-12-31(40)32(15-22)41-21-37-19-29-24(18-36-30(29)20-37)16-23-6-5-8-28-27(23)13-14-35-33(28)34/h5-6,8,10,12,15,18,20,25,33,35,38,40H,2-4,7,9,11,13-14,16-17,19,21,34H2,1H3/p+1/t25-,33-/m1/s1. The number of aliphatic hydroxyl groups excluding tert-OH is 1. The van der Waals surface area contributed by atoms with Gasteiger partial charge >= 0.3 is 0 Å². The van der Waals surface area contributed by atoms with Crippen LogP contribution in [0.4, 0.5) is 0 Å². The van der Waals surface area contributed by atoms with Gasteiger partial charge in [-0.3, -0.25) is 20.0 Å². The number of allylic oxidation sites excluding steroid dienone is 1. The van der Waals surface area contributed by atoms with Crippen LogP contribution in [0, 0.1) is 0 Å². The second-order valence-electron chi connectivity index (χ2n) is 11.5. The molecule has 8 nitrogen and oxygen atoms in total. The maximum absolute atomic E-state index is 12.4. The molecule has 2 aromatic carbocycles. The van der Waals surface area contributed by atoms with E-state index in [2.05, 4.69) is 41.6 Å². The number of nitrogens with zero attached hydrogens (tertiary/aromatic N) is 1. The highest BCUT2D eigenvalue weighted by atomic mass is 16.5. The van der Waals surface area contributed by atoms with Crippen molar-refractivity contribution in [3.05, 3.63) is 81.7 Å². The van der Waals surface area contributed by atoms with Crippen LogP contribution in [-0.2, 0) is 24.1 Å². The van der Waals surface area contributed by atoms with Crippen molar-refractivity contribution in [1.29, 1.82) is 0 Å². The molecule has 218 valence electrons. The van der Waals surface area contributed by atoms with Crippen LogP contribution in [0.15, 0.2) is 64.4 Å². The Morgan fingerprint density at radius 3 is 3.00 bits per heavy atom. The maximum atomic E-state index is 12.4. The van der Waals surface area contributed by atoms with Crippen molar-refractivity contribution < 1.29 is 24.6 Å². The van der Waals surface area contributed by atoms with Crippen molar-refractivity contribution in [2.75, 3.05) is 19.8 Å². The fourth-order valence-corrected chi connectivity index (χ4v) is 5.98. The zero-order chi connectivity index (χ0) is 28.8. The van der Waals surface area contributed by atoms with Gasteiger partial charge in [0.25, 0.3) is 0 Å². The number of carbonyl (C=O) groups excluding carboxylic acids is 1. The molecule has 0 bridgehead atoms. The summed E-state index contributed by atoms with van der Waals surface area (Å²) in [5.74, 6) is 0.554. The van der Waals surface area contributed by atoms with Crippen LogP contribution in [0.25, 0.3) is 0 Å². The molecule has 6 N–H and O–H groups in total. The number of rotatable bonds is 14. The van der Waals surface area contributed by atoms with Gasteiger partial charge in [0.15, 0.2) is 11.5 Å². The van der Waals surface area contributed by atoms with E-state index in [1.54, 1.807) is 6.07 Å². The van der Waals surface area contributed by atoms with Gasteiger partial charge in [0.05, 0.1) is 12.3 Å². The predicted molar refractivity (Wildman–Crippen MR) is 160 cm³/mol. The van der Waals surface area contributed by atoms with Gasteiger partial charge in [0.2, 0.25) is 6.73 Å². The molecule has 3 aliphatic heterocycles. The zero-order valence-corrected chi connectivity index (χ0v) is 24.0. The number of nitrogens with one attached hydrogen (secondary N) is 2. The Kier molecular flexibility index (Phi) is 9.67. The number of unbranched alkanes of at least 4 members (excludes halogenated alkanes) is 2. The first-order valence-electron chi connectivity index (χ1n) is 15.0. The van der Waals surface area contributed by atoms with Gasteiger partial charge in [0.1, 0.15) is 24.2 Å².